The lowest BCUT2D eigenvalue weighted by atomic mass is 9.97. The lowest BCUT2D eigenvalue weighted by molar-refractivity contribution is 0.0358. The minimum absolute atomic E-state index is 0.0323. The normalized spacial score (nSPS) is 18.3. The summed E-state index contributed by atoms with van der Waals surface area (Å²) < 4.78 is 59.3. The van der Waals surface area contributed by atoms with Crippen molar-refractivity contribution < 1.29 is 31.2 Å². The lowest BCUT2D eigenvalue weighted by Crippen LogP contribution is -2.47. The Balaban J connectivity index is 1.60. The number of hydrogen-bond acceptors (Lipinski definition) is 8. The van der Waals surface area contributed by atoms with Gasteiger partial charge in [-0.3, -0.25) is 4.79 Å². The summed E-state index contributed by atoms with van der Waals surface area (Å²) in [5.41, 5.74) is 0.139. The number of sulfonamides is 2. The number of hydrogen-bond donors (Lipinski definition) is 0. The molecule has 37 heavy (non-hydrogen) atoms. The number of fused-ring (bicyclic) bond motifs is 1. The van der Waals surface area contributed by atoms with Crippen LogP contribution in [-0.2, 0) is 24.8 Å². The van der Waals surface area contributed by atoms with Gasteiger partial charge in [-0.25, -0.2) is 21.6 Å². The van der Waals surface area contributed by atoms with Crippen LogP contribution in [0.4, 0.5) is 0 Å². The van der Waals surface area contributed by atoms with E-state index in [0.29, 0.717) is 23.0 Å². The van der Waals surface area contributed by atoms with Crippen LogP contribution >= 0.6 is 23.2 Å². The number of carbonyl (C=O) groups excluding carboxylic acids is 2. The van der Waals surface area contributed by atoms with Gasteiger partial charge >= 0.3 is 5.97 Å². The number of benzene rings is 2. The van der Waals surface area contributed by atoms with Crippen molar-refractivity contribution in [3.8, 4) is 0 Å². The van der Waals surface area contributed by atoms with Gasteiger partial charge in [0.25, 0.3) is 15.9 Å². The van der Waals surface area contributed by atoms with E-state index in [2.05, 4.69) is 0 Å². The maximum Gasteiger partial charge on any atom is 0.342 e. The molecule has 0 aliphatic carbocycles. The number of esters is 1. The van der Waals surface area contributed by atoms with E-state index in [-0.39, 0.29) is 39.4 Å². The Kier molecular flexibility index (Phi) is 7.63. The summed E-state index contributed by atoms with van der Waals surface area (Å²) in [6.45, 7) is 4.25. The van der Waals surface area contributed by atoms with Gasteiger partial charge in [0.2, 0.25) is 10.0 Å². The highest BCUT2D eigenvalue weighted by Crippen LogP contribution is 2.36. The molecule has 4 rings (SSSR count). The summed E-state index contributed by atoms with van der Waals surface area (Å²) in [5.74, 6) is -2.12. The van der Waals surface area contributed by atoms with Crippen LogP contribution in [0.1, 0.15) is 46.0 Å². The first-order valence-corrected chi connectivity index (χ1v) is 15.0. The van der Waals surface area contributed by atoms with E-state index in [4.69, 9.17) is 27.9 Å². The standard InChI is InChI=1S/C23H25Cl2N3O7S2/c1-14(2)15-5-4-6-17-19(15)22(29)28(37(17,33)34)13-35-23(30)20-16(24)7-8-18(21(20)25)36(31,32)27-11-9-26(3)10-12-27/h4-8,14H,9-13H2,1-3H3. The second-order valence-electron chi connectivity index (χ2n) is 9.04. The Labute approximate surface area is 225 Å². The second-order valence-corrected chi connectivity index (χ2v) is 13.6. The van der Waals surface area contributed by atoms with Gasteiger partial charge < -0.3 is 9.64 Å². The van der Waals surface area contributed by atoms with Crippen LogP contribution in [0.3, 0.4) is 0 Å². The Morgan fingerprint density at radius 1 is 1.08 bits per heavy atom. The van der Waals surface area contributed by atoms with Crippen LogP contribution in [0.25, 0.3) is 0 Å². The quantitative estimate of drug-likeness (QED) is 0.471. The maximum absolute atomic E-state index is 13.2. The van der Waals surface area contributed by atoms with Gasteiger partial charge in [0, 0.05) is 26.2 Å². The average molecular weight is 591 g/mol. The molecule has 0 atom stereocenters. The third kappa shape index (κ3) is 4.86. The molecule has 2 aromatic carbocycles. The molecule has 14 heteroatoms. The first kappa shape index (κ1) is 27.8. The van der Waals surface area contributed by atoms with E-state index in [1.54, 1.807) is 12.1 Å². The van der Waals surface area contributed by atoms with Crippen molar-refractivity contribution in [2.75, 3.05) is 40.0 Å². The molecule has 0 aromatic heterocycles. The number of piperazine rings is 1. The van der Waals surface area contributed by atoms with Crippen molar-refractivity contribution in [1.29, 1.82) is 0 Å². The van der Waals surface area contributed by atoms with Gasteiger partial charge in [0.1, 0.15) is 9.79 Å². The molecule has 1 saturated heterocycles. The van der Waals surface area contributed by atoms with Crippen molar-refractivity contribution >= 4 is 55.1 Å². The number of nitrogens with zero attached hydrogens (tertiary/aromatic N) is 3. The predicted octanol–water partition coefficient (Wildman–Crippen LogP) is 3.01. The molecule has 0 unspecified atom stereocenters. The zero-order chi connectivity index (χ0) is 27.3. The van der Waals surface area contributed by atoms with Gasteiger partial charge in [-0.15, -0.1) is 0 Å². The summed E-state index contributed by atoms with van der Waals surface area (Å²) in [5, 5.41) is -0.634. The van der Waals surface area contributed by atoms with Crippen molar-refractivity contribution in [3.63, 3.8) is 0 Å². The fourth-order valence-electron chi connectivity index (χ4n) is 4.23. The minimum Gasteiger partial charge on any atom is -0.439 e. The molecule has 0 saturated carbocycles. The fraction of sp³-hybridized carbons (Fsp3) is 0.391. The molecule has 2 aliphatic heterocycles. The van der Waals surface area contributed by atoms with Crippen molar-refractivity contribution in [2.45, 2.75) is 29.6 Å². The SMILES string of the molecule is CC(C)c1cccc2c1C(=O)N(COC(=O)c1c(Cl)ccc(S(=O)(=O)N3CCN(C)CC3)c1Cl)S2(=O)=O. The van der Waals surface area contributed by atoms with Crippen LogP contribution in [-0.4, -0.2) is 82.2 Å². The summed E-state index contributed by atoms with van der Waals surface area (Å²) in [7, 11) is -6.44. The number of amides is 1. The molecular formula is C23H25Cl2N3O7S2. The molecule has 10 nitrogen and oxygen atoms in total. The van der Waals surface area contributed by atoms with Crippen LogP contribution in [0.2, 0.25) is 10.0 Å². The van der Waals surface area contributed by atoms with Crippen LogP contribution < -0.4 is 0 Å². The highest BCUT2D eigenvalue weighted by atomic mass is 35.5. The maximum atomic E-state index is 13.2. The highest BCUT2D eigenvalue weighted by molar-refractivity contribution is 7.90. The van der Waals surface area contributed by atoms with Gasteiger partial charge in [-0.2, -0.15) is 8.61 Å². The number of ether oxygens (including phenoxy) is 1. The fourth-order valence-corrected chi connectivity index (χ4v) is 7.99. The Morgan fingerprint density at radius 3 is 2.35 bits per heavy atom. The number of halogens is 2. The van der Waals surface area contributed by atoms with E-state index in [9.17, 15) is 26.4 Å². The molecule has 0 bridgehead atoms. The molecule has 200 valence electrons. The zero-order valence-corrected chi connectivity index (χ0v) is 23.4. The Morgan fingerprint density at radius 2 is 1.73 bits per heavy atom. The van der Waals surface area contributed by atoms with Crippen LogP contribution in [0, 0.1) is 0 Å². The molecule has 0 N–H and O–H groups in total. The minimum atomic E-state index is -4.27. The molecule has 0 radical (unpaired) electrons. The topological polar surface area (TPSA) is 121 Å². The molecule has 0 spiro atoms. The smallest absolute Gasteiger partial charge is 0.342 e. The molecule has 2 heterocycles. The average Bonchev–Trinajstić information content (AvgIpc) is 3.02. The summed E-state index contributed by atoms with van der Waals surface area (Å²) in [6.07, 6.45) is 0. The number of rotatable bonds is 6. The van der Waals surface area contributed by atoms with E-state index in [1.807, 2.05) is 25.8 Å². The summed E-state index contributed by atoms with van der Waals surface area (Å²) >= 11 is 12.5. The van der Waals surface area contributed by atoms with Gasteiger partial charge in [-0.05, 0) is 36.7 Å². The molecule has 1 fully saturated rings. The van der Waals surface area contributed by atoms with Gasteiger partial charge in [0.05, 0.1) is 21.2 Å². The molecular weight excluding hydrogens is 565 g/mol. The number of carbonyl (C=O) groups is 2. The predicted molar refractivity (Wildman–Crippen MR) is 137 cm³/mol. The van der Waals surface area contributed by atoms with Crippen molar-refractivity contribution in [2.24, 2.45) is 0 Å². The summed E-state index contributed by atoms with van der Waals surface area (Å²) in [4.78, 5) is 27.5. The van der Waals surface area contributed by atoms with Crippen molar-refractivity contribution in [1.82, 2.24) is 13.5 Å². The molecule has 2 aromatic rings. The van der Waals surface area contributed by atoms with E-state index in [1.165, 1.54) is 22.5 Å². The summed E-state index contributed by atoms with van der Waals surface area (Å²) in [6, 6.07) is 6.93. The van der Waals surface area contributed by atoms with Crippen LogP contribution in [0.15, 0.2) is 40.1 Å². The third-order valence-electron chi connectivity index (χ3n) is 6.34. The first-order chi connectivity index (χ1) is 17.3. The van der Waals surface area contributed by atoms with E-state index in [0.717, 1.165) is 0 Å². The largest absolute Gasteiger partial charge is 0.439 e. The molecule has 2 aliphatic rings. The molecule has 1 amide bonds. The van der Waals surface area contributed by atoms with Gasteiger partial charge in [0.15, 0.2) is 6.73 Å². The number of likely N-dealkylation sites (N-methyl/N-ethyl adjacent to an activating group) is 1. The third-order valence-corrected chi connectivity index (χ3v) is 10.8. The Bertz CT molecular complexity index is 1490. The van der Waals surface area contributed by atoms with E-state index < -0.39 is 49.2 Å². The van der Waals surface area contributed by atoms with E-state index >= 15 is 0 Å². The monoisotopic (exact) mass is 589 g/mol. The second kappa shape index (κ2) is 10.2. The zero-order valence-electron chi connectivity index (χ0n) is 20.3. The van der Waals surface area contributed by atoms with Crippen LogP contribution in [0.5, 0.6) is 0 Å². The lowest BCUT2D eigenvalue weighted by Gasteiger charge is -2.31. The van der Waals surface area contributed by atoms with Crippen molar-refractivity contribution in [3.05, 3.63) is 57.1 Å². The van der Waals surface area contributed by atoms with Gasteiger partial charge in [-0.1, -0.05) is 49.2 Å². The highest BCUT2D eigenvalue weighted by Gasteiger charge is 2.44. The Hall–Kier alpha value is -2.22. The first-order valence-electron chi connectivity index (χ1n) is 11.3.